The molecule has 0 unspecified atom stereocenters. The van der Waals surface area contributed by atoms with Crippen LogP contribution in [0.1, 0.15) is 37.9 Å². The number of ether oxygens (including phenoxy) is 1. The Morgan fingerprint density at radius 2 is 1.75 bits per heavy atom. The first-order valence-electron chi connectivity index (χ1n) is 10.3. The van der Waals surface area contributed by atoms with Gasteiger partial charge < -0.3 is 4.74 Å². The highest BCUT2D eigenvalue weighted by Gasteiger charge is 2.62. The van der Waals surface area contributed by atoms with E-state index < -0.39 is 33.1 Å². The van der Waals surface area contributed by atoms with Gasteiger partial charge in [0.25, 0.3) is 0 Å². The summed E-state index contributed by atoms with van der Waals surface area (Å²) in [4.78, 5) is 13.8. The van der Waals surface area contributed by atoms with Gasteiger partial charge in [-0.05, 0) is 68.5 Å². The van der Waals surface area contributed by atoms with Crippen molar-refractivity contribution in [1.29, 1.82) is 0 Å². The minimum Gasteiger partial charge on any atom is -0.459 e. The topological polar surface area (TPSA) is 63.7 Å². The van der Waals surface area contributed by atoms with Crippen LogP contribution >= 0.6 is 23.4 Å². The van der Waals surface area contributed by atoms with E-state index in [1.165, 1.54) is 16.1 Å². The predicted octanol–water partition coefficient (Wildman–Crippen LogP) is 5.35. The summed E-state index contributed by atoms with van der Waals surface area (Å²) >= 11 is 7.63. The summed E-state index contributed by atoms with van der Waals surface area (Å²) < 4.78 is 34.9. The summed E-state index contributed by atoms with van der Waals surface area (Å²) in [7, 11) is -3.88. The lowest BCUT2D eigenvalue weighted by Gasteiger charge is -2.36. The van der Waals surface area contributed by atoms with E-state index >= 15 is 0 Å². The summed E-state index contributed by atoms with van der Waals surface area (Å²) in [6, 6.07) is 13.1. The summed E-state index contributed by atoms with van der Waals surface area (Å²) in [6.07, 6.45) is 0. The number of esters is 1. The fourth-order valence-electron chi connectivity index (χ4n) is 4.25. The van der Waals surface area contributed by atoms with Gasteiger partial charge in [-0.3, -0.25) is 4.79 Å². The van der Waals surface area contributed by atoms with Gasteiger partial charge >= 0.3 is 5.97 Å². The van der Waals surface area contributed by atoms with Crippen molar-refractivity contribution in [3.8, 4) is 0 Å². The van der Waals surface area contributed by atoms with Gasteiger partial charge in [0.1, 0.15) is 11.0 Å². The number of sulfonamides is 1. The van der Waals surface area contributed by atoms with Gasteiger partial charge in [0, 0.05) is 17.3 Å². The SMILES string of the molecule is Cc1ccc(S(=O)(=O)N2CC3=CSC[C@@]3(C(=O)OC(C)(C)C)[C@@H]2c2ccc(Cl)cc2)cc1. The largest absolute Gasteiger partial charge is 0.459 e. The third kappa shape index (κ3) is 4.00. The summed E-state index contributed by atoms with van der Waals surface area (Å²) in [5.74, 6) is 0.0209. The van der Waals surface area contributed by atoms with Crippen LogP contribution in [-0.2, 0) is 19.6 Å². The van der Waals surface area contributed by atoms with Crippen molar-refractivity contribution in [3.05, 3.63) is 75.7 Å². The van der Waals surface area contributed by atoms with E-state index in [0.717, 1.165) is 11.1 Å². The van der Waals surface area contributed by atoms with Crippen molar-refractivity contribution in [1.82, 2.24) is 4.31 Å². The molecule has 2 aromatic rings. The Labute approximate surface area is 198 Å². The number of carbonyl (C=O) groups is 1. The van der Waals surface area contributed by atoms with E-state index in [9.17, 15) is 13.2 Å². The molecule has 0 amide bonds. The molecule has 8 heteroatoms. The van der Waals surface area contributed by atoms with Gasteiger partial charge in [-0.15, -0.1) is 11.8 Å². The lowest BCUT2D eigenvalue weighted by Crippen LogP contribution is -2.44. The molecule has 5 nitrogen and oxygen atoms in total. The maximum absolute atomic E-state index is 13.8. The van der Waals surface area contributed by atoms with Crippen molar-refractivity contribution in [2.45, 2.75) is 44.2 Å². The maximum atomic E-state index is 13.8. The molecule has 0 spiro atoms. The fourth-order valence-corrected chi connectivity index (χ4v) is 7.30. The lowest BCUT2D eigenvalue weighted by molar-refractivity contribution is -0.165. The highest BCUT2D eigenvalue weighted by Crippen LogP contribution is 2.58. The molecule has 0 radical (unpaired) electrons. The Hall–Kier alpha value is -1.80. The average Bonchev–Trinajstić information content (AvgIpc) is 3.26. The first-order valence-corrected chi connectivity index (χ1v) is 13.2. The normalized spacial score (nSPS) is 23.7. The molecule has 2 atom stereocenters. The van der Waals surface area contributed by atoms with Crippen LogP contribution in [0.2, 0.25) is 5.02 Å². The smallest absolute Gasteiger partial charge is 0.319 e. The van der Waals surface area contributed by atoms with Gasteiger partial charge in [0.05, 0.1) is 10.9 Å². The maximum Gasteiger partial charge on any atom is 0.319 e. The average molecular weight is 492 g/mol. The van der Waals surface area contributed by atoms with Crippen LogP contribution in [-0.4, -0.2) is 36.6 Å². The van der Waals surface area contributed by atoms with E-state index in [0.29, 0.717) is 16.3 Å². The van der Waals surface area contributed by atoms with Crippen molar-refractivity contribution in [2.75, 3.05) is 12.3 Å². The number of hydrogen-bond donors (Lipinski definition) is 0. The Balaban J connectivity index is 1.88. The zero-order chi connectivity index (χ0) is 23.3. The van der Waals surface area contributed by atoms with Crippen molar-refractivity contribution < 1.29 is 17.9 Å². The summed E-state index contributed by atoms with van der Waals surface area (Å²) in [5, 5.41) is 2.46. The molecule has 0 N–H and O–H groups in total. The molecule has 1 saturated heterocycles. The van der Waals surface area contributed by atoms with Crippen molar-refractivity contribution >= 4 is 39.4 Å². The molecule has 4 rings (SSSR count). The molecular formula is C24H26ClNO4S2. The molecule has 0 aliphatic carbocycles. The zero-order valence-electron chi connectivity index (χ0n) is 18.5. The Morgan fingerprint density at radius 3 is 2.34 bits per heavy atom. The second-order valence-electron chi connectivity index (χ2n) is 9.24. The Kier molecular flexibility index (Phi) is 5.99. The molecule has 0 bridgehead atoms. The summed E-state index contributed by atoms with van der Waals surface area (Å²) in [6.45, 7) is 7.50. The van der Waals surface area contributed by atoms with Gasteiger partial charge in [-0.2, -0.15) is 4.31 Å². The first kappa shape index (κ1) is 23.4. The number of aryl methyl sites for hydroxylation is 1. The van der Waals surface area contributed by atoms with E-state index in [1.807, 2.05) is 33.1 Å². The number of thioether (sulfide) groups is 1. The molecule has 0 saturated carbocycles. The molecule has 0 aromatic heterocycles. The number of halogens is 1. The van der Waals surface area contributed by atoms with Gasteiger partial charge in [-0.25, -0.2) is 8.42 Å². The molecule has 2 heterocycles. The van der Waals surface area contributed by atoms with E-state index in [1.54, 1.807) is 48.5 Å². The third-order valence-electron chi connectivity index (χ3n) is 5.77. The standard InChI is InChI=1S/C24H26ClNO4S2/c1-16-5-11-20(12-6-16)32(28,29)26-13-18-14-31-15-24(18,22(27)30-23(2,3)4)21(26)17-7-9-19(25)10-8-17/h5-12,14,21H,13,15H2,1-4H3/t21-,24-/m0/s1. The van der Waals surface area contributed by atoms with E-state index in [2.05, 4.69) is 0 Å². The number of rotatable bonds is 4. The van der Waals surface area contributed by atoms with Crippen LogP contribution in [0.15, 0.2) is 64.4 Å². The van der Waals surface area contributed by atoms with Crippen LogP contribution < -0.4 is 0 Å². The third-order valence-corrected chi connectivity index (χ3v) is 8.92. The molecule has 32 heavy (non-hydrogen) atoms. The minimum absolute atomic E-state index is 0.135. The van der Waals surface area contributed by atoms with Crippen LogP contribution in [0.3, 0.4) is 0 Å². The second kappa shape index (κ2) is 8.20. The highest BCUT2D eigenvalue weighted by molar-refractivity contribution is 8.02. The monoisotopic (exact) mass is 491 g/mol. The number of nitrogens with zero attached hydrogens (tertiary/aromatic N) is 1. The highest BCUT2D eigenvalue weighted by atomic mass is 35.5. The predicted molar refractivity (Wildman–Crippen MR) is 128 cm³/mol. The van der Waals surface area contributed by atoms with Crippen molar-refractivity contribution in [3.63, 3.8) is 0 Å². The number of benzene rings is 2. The van der Waals surface area contributed by atoms with Crippen LogP contribution in [0.5, 0.6) is 0 Å². The molecule has 2 aliphatic heterocycles. The van der Waals surface area contributed by atoms with Crippen LogP contribution in [0, 0.1) is 12.3 Å². The van der Waals surface area contributed by atoms with Gasteiger partial charge in [0.2, 0.25) is 10.0 Å². The summed E-state index contributed by atoms with van der Waals surface area (Å²) in [5.41, 5.74) is 0.664. The van der Waals surface area contributed by atoms with Crippen molar-refractivity contribution in [2.24, 2.45) is 5.41 Å². The number of hydrogen-bond acceptors (Lipinski definition) is 5. The van der Waals surface area contributed by atoms with Crippen LogP contribution in [0.4, 0.5) is 0 Å². The Morgan fingerprint density at radius 1 is 1.12 bits per heavy atom. The van der Waals surface area contributed by atoms with E-state index in [-0.39, 0.29) is 11.4 Å². The fraction of sp³-hybridized carbons (Fsp3) is 0.375. The van der Waals surface area contributed by atoms with Gasteiger partial charge in [0.15, 0.2) is 0 Å². The number of fused-ring (bicyclic) bond motifs is 1. The zero-order valence-corrected chi connectivity index (χ0v) is 20.9. The molecule has 170 valence electrons. The number of carbonyl (C=O) groups excluding carboxylic acids is 1. The van der Waals surface area contributed by atoms with Gasteiger partial charge in [-0.1, -0.05) is 41.4 Å². The molecule has 2 aromatic carbocycles. The van der Waals surface area contributed by atoms with E-state index in [4.69, 9.17) is 16.3 Å². The Bertz CT molecular complexity index is 1170. The second-order valence-corrected chi connectivity index (χ2v) is 12.4. The lowest BCUT2D eigenvalue weighted by atomic mass is 9.76. The molecule has 2 aliphatic rings. The minimum atomic E-state index is -3.88. The van der Waals surface area contributed by atoms with Crippen LogP contribution in [0.25, 0.3) is 0 Å². The molecule has 1 fully saturated rings. The molecular weight excluding hydrogens is 466 g/mol. The quantitative estimate of drug-likeness (QED) is 0.539. The first-order chi connectivity index (χ1) is 14.9.